The molecule has 0 aliphatic carbocycles. The van der Waals surface area contributed by atoms with E-state index < -0.39 is 0 Å². The molecule has 0 aromatic carbocycles. The first-order chi connectivity index (χ1) is 13.2. The number of nitrogens with zero attached hydrogens (tertiary/aromatic N) is 2. The minimum Gasteiger partial charge on any atom is -0.355 e. The highest BCUT2D eigenvalue weighted by Crippen LogP contribution is 2.21. The topological polar surface area (TPSA) is 97.1 Å². The normalized spacial score (nSPS) is 10.7. The number of amides is 2. The van der Waals surface area contributed by atoms with Gasteiger partial charge in [-0.15, -0.1) is 22.7 Å². The predicted molar refractivity (Wildman–Crippen MR) is 105 cm³/mol. The fourth-order valence-corrected chi connectivity index (χ4v) is 3.68. The molecule has 0 atom stereocenters. The van der Waals surface area contributed by atoms with E-state index in [9.17, 15) is 9.59 Å². The van der Waals surface area contributed by atoms with Gasteiger partial charge in [0.25, 0.3) is 5.91 Å². The summed E-state index contributed by atoms with van der Waals surface area (Å²) in [5, 5.41) is 13.2. The molecule has 0 radical (unpaired) electrons. The third-order valence-electron chi connectivity index (χ3n) is 3.75. The summed E-state index contributed by atoms with van der Waals surface area (Å²) in [5.74, 6) is 0.870. The monoisotopic (exact) mass is 404 g/mol. The Balaban J connectivity index is 1.24. The first kappa shape index (κ1) is 19.2. The molecular weight excluding hydrogens is 384 g/mol. The van der Waals surface area contributed by atoms with Crippen molar-refractivity contribution in [1.29, 1.82) is 0 Å². The van der Waals surface area contributed by atoms with Gasteiger partial charge in [0.2, 0.25) is 17.6 Å². The van der Waals surface area contributed by atoms with E-state index in [-0.39, 0.29) is 18.4 Å². The summed E-state index contributed by atoms with van der Waals surface area (Å²) < 4.78 is 5.25. The standard InChI is InChI=1S/C18H20N4O3S2/c23-15(12-20-18(24)14-7-5-11-27-14)19-9-3-1-2-8-16-21-17(22-25-16)13-6-4-10-26-13/h4-7,10-11H,1-3,8-9,12H2,(H,19,23)(H,20,24). The van der Waals surface area contributed by atoms with Gasteiger partial charge in [-0.25, -0.2) is 0 Å². The van der Waals surface area contributed by atoms with Gasteiger partial charge in [0, 0.05) is 13.0 Å². The zero-order valence-electron chi connectivity index (χ0n) is 14.6. The Morgan fingerprint density at radius 3 is 2.67 bits per heavy atom. The van der Waals surface area contributed by atoms with Crippen molar-refractivity contribution in [1.82, 2.24) is 20.8 Å². The number of aromatic nitrogens is 2. The Morgan fingerprint density at radius 2 is 1.89 bits per heavy atom. The number of unbranched alkanes of at least 4 members (excludes halogenated alkanes) is 2. The lowest BCUT2D eigenvalue weighted by molar-refractivity contribution is -0.120. The van der Waals surface area contributed by atoms with E-state index in [0.29, 0.717) is 23.1 Å². The molecule has 0 aliphatic heterocycles. The fraction of sp³-hybridized carbons (Fsp3) is 0.333. The van der Waals surface area contributed by atoms with Crippen LogP contribution >= 0.6 is 22.7 Å². The maximum atomic E-state index is 11.7. The van der Waals surface area contributed by atoms with Gasteiger partial charge in [0.05, 0.1) is 16.3 Å². The highest BCUT2D eigenvalue weighted by Gasteiger charge is 2.10. The van der Waals surface area contributed by atoms with Crippen LogP contribution < -0.4 is 10.6 Å². The Morgan fingerprint density at radius 1 is 1.04 bits per heavy atom. The number of aryl methyl sites for hydroxylation is 1. The molecule has 0 fully saturated rings. The molecule has 2 N–H and O–H groups in total. The second kappa shape index (κ2) is 9.98. The smallest absolute Gasteiger partial charge is 0.261 e. The molecule has 3 rings (SSSR count). The van der Waals surface area contributed by atoms with Gasteiger partial charge < -0.3 is 15.2 Å². The van der Waals surface area contributed by atoms with Crippen molar-refractivity contribution < 1.29 is 14.1 Å². The number of nitrogens with one attached hydrogen (secondary N) is 2. The van der Waals surface area contributed by atoms with Crippen LogP contribution in [0.25, 0.3) is 10.7 Å². The third kappa shape index (κ3) is 6.00. The van der Waals surface area contributed by atoms with Crippen LogP contribution in [0.1, 0.15) is 34.8 Å². The van der Waals surface area contributed by atoms with Crippen LogP contribution in [-0.2, 0) is 11.2 Å². The number of hydrogen-bond acceptors (Lipinski definition) is 7. The highest BCUT2D eigenvalue weighted by molar-refractivity contribution is 7.13. The molecule has 3 aromatic rings. The van der Waals surface area contributed by atoms with Crippen LogP contribution in [0.15, 0.2) is 39.5 Å². The van der Waals surface area contributed by atoms with Crippen molar-refractivity contribution >= 4 is 34.5 Å². The summed E-state index contributed by atoms with van der Waals surface area (Å²) in [7, 11) is 0. The molecule has 3 aromatic heterocycles. The minimum atomic E-state index is -0.221. The fourth-order valence-electron chi connectivity index (χ4n) is 2.39. The van der Waals surface area contributed by atoms with Crippen molar-refractivity contribution in [3.63, 3.8) is 0 Å². The molecule has 0 bridgehead atoms. The number of hydrogen-bond donors (Lipinski definition) is 2. The third-order valence-corrected chi connectivity index (χ3v) is 5.49. The lowest BCUT2D eigenvalue weighted by atomic mass is 10.2. The first-order valence-corrected chi connectivity index (χ1v) is 10.4. The summed E-state index contributed by atoms with van der Waals surface area (Å²) in [4.78, 5) is 29.5. The van der Waals surface area contributed by atoms with Gasteiger partial charge >= 0.3 is 0 Å². The molecular formula is C18H20N4O3S2. The van der Waals surface area contributed by atoms with Crippen molar-refractivity contribution in [2.45, 2.75) is 25.7 Å². The Bertz CT molecular complexity index is 844. The Hall–Kier alpha value is -2.52. The quantitative estimate of drug-likeness (QED) is 0.506. The minimum absolute atomic E-state index is 0.00971. The molecule has 0 aliphatic rings. The van der Waals surface area contributed by atoms with Crippen molar-refractivity contribution in [3.8, 4) is 10.7 Å². The van der Waals surface area contributed by atoms with Crippen LogP contribution in [0.4, 0.5) is 0 Å². The van der Waals surface area contributed by atoms with Crippen LogP contribution in [-0.4, -0.2) is 35.0 Å². The first-order valence-electron chi connectivity index (χ1n) is 8.67. The SMILES string of the molecule is O=C(CNC(=O)c1cccs1)NCCCCCc1nc(-c2cccs2)no1. The summed E-state index contributed by atoms with van der Waals surface area (Å²) in [6.45, 7) is 0.572. The molecule has 2 amide bonds. The molecule has 0 spiro atoms. The molecule has 7 nitrogen and oxygen atoms in total. The van der Waals surface area contributed by atoms with Crippen molar-refractivity contribution in [3.05, 3.63) is 45.8 Å². The molecule has 142 valence electrons. The number of rotatable bonds is 10. The Labute approximate surface area is 164 Å². The summed E-state index contributed by atoms with van der Waals surface area (Å²) in [5.41, 5.74) is 0. The Kier molecular flexibility index (Phi) is 7.11. The van der Waals surface area contributed by atoms with Crippen LogP contribution in [0.3, 0.4) is 0 Å². The number of carbonyl (C=O) groups is 2. The predicted octanol–water partition coefficient (Wildman–Crippen LogP) is 3.12. The lowest BCUT2D eigenvalue weighted by Gasteiger charge is -2.06. The lowest BCUT2D eigenvalue weighted by Crippen LogP contribution is -2.37. The van der Waals surface area contributed by atoms with E-state index >= 15 is 0 Å². The van der Waals surface area contributed by atoms with Crippen molar-refractivity contribution in [2.24, 2.45) is 0 Å². The molecule has 9 heteroatoms. The van der Waals surface area contributed by atoms with Crippen molar-refractivity contribution in [2.75, 3.05) is 13.1 Å². The number of carbonyl (C=O) groups excluding carboxylic acids is 2. The molecule has 3 heterocycles. The van der Waals surface area contributed by atoms with Gasteiger partial charge in [-0.2, -0.15) is 4.98 Å². The second-order valence-corrected chi connectivity index (χ2v) is 7.71. The summed E-state index contributed by atoms with van der Waals surface area (Å²) in [6.07, 6.45) is 3.44. The van der Waals surface area contributed by atoms with Gasteiger partial charge in [-0.1, -0.05) is 23.7 Å². The van der Waals surface area contributed by atoms with Crippen LogP contribution in [0.2, 0.25) is 0 Å². The molecule has 0 saturated heterocycles. The summed E-state index contributed by atoms with van der Waals surface area (Å²) >= 11 is 2.93. The average molecular weight is 405 g/mol. The van der Waals surface area contributed by atoms with Gasteiger partial charge in [0.1, 0.15) is 0 Å². The second-order valence-electron chi connectivity index (χ2n) is 5.81. The van der Waals surface area contributed by atoms with E-state index in [1.165, 1.54) is 11.3 Å². The highest BCUT2D eigenvalue weighted by atomic mass is 32.1. The van der Waals surface area contributed by atoms with E-state index in [0.717, 1.165) is 30.6 Å². The maximum absolute atomic E-state index is 11.7. The number of thiophene rings is 2. The van der Waals surface area contributed by atoms with E-state index in [2.05, 4.69) is 20.8 Å². The average Bonchev–Trinajstić information content (AvgIpc) is 3.43. The molecule has 0 saturated carbocycles. The summed E-state index contributed by atoms with van der Waals surface area (Å²) in [6, 6.07) is 7.45. The van der Waals surface area contributed by atoms with E-state index in [4.69, 9.17) is 4.52 Å². The van der Waals surface area contributed by atoms with E-state index in [1.807, 2.05) is 22.9 Å². The zero-order chi connectivity index (χ0) is 18.9. The van der Waals surface area contributed by atoms with Crippen LogP contribution in [0, 0.1) is 0 Å². The van der Waals surface area contributed by atoms with E-state index in [1.54, 1.807) is 23.5 Å². The molecule has 27 heavy (non-hydrogen) atoms. The molecule has 0 unspecified atom stereocenters. The van der Waals surface area contributed by atoms with Gasteiger partial charge in [0.15, 0.2) is 0 Å². The van der Waals surface area contributed by atoms with Gasteiger partial charge in [-0.05, 0) is 35.7 Å². The maximum Gasteiger partial charge on any atom is 0.261 e. The largest absolute Gasteiger partial charge is 0.355 e. The van der Waals surface area contributed by atoms with Crippen LogP contribution in [0.5, 0.6) is 0 Å². The zero-order valence-corrected chi connectivity index (χ0v) is 16.3. The van der Waals surface area contributed by atoms with Gasteiger partial charge in [-0.3, -0.25) is 9.59 Å².